The molecule has 0 heterocycles. The van der Waals surface area contributed by atoms with Crippen molar-refractivity contribution in [1.29, 1.82) is 0 Å². The van der Waals surface area contributed by atoms with Crippen LogP contribution < -0.4 is 0 Å². The molecule has 0 saturated carbocycles. The molecule has 1 amide bonds. The number of hydrogen-bond donors (Lipinski definition) is 1. The van der Waals surface area contributed by atoms with Crippen molar-refractivity contribution in [2.24, 2.45) is 0 Å². The van der Waals surface area contributed by atoms with Crippen molar-refractivity contribution in [1.82, 2.24) is 5.06 Å². The molecule has 0 saturated heterocycles. The van der Waals surface area contributed by atoms with E-state index in [4.69, 9.17) is 4.84 Å². The maximum Gasteiger partial charge on any atom is 0.233 e. The standard InChI is InChI=1S/C30H39NO3/c1-2-3-4-5-6-10-15-26-18-19-27(30-17-12-11-16-29(26)30)20-21-28(22-32)31(24-33)34-23-25-13-8-7-9-14-25/h7-9,11-14,16-19,24,28,32H,2-6,10,15,20-23H2,1H3. The monoisotopic (exact) mass is 461 g/mol. The lowest BCUT2D eigenvalue weighted by Gasteiger charge is -2.26. The third kappa shape index (κ3) is 7.68. The summed E-state index contributed by atoms with van der Waals surface area (Å²) in [6, 6.07) is 22.4. The molecule has 0 spiro atoms. The second-order valence-corrected chi connectivity index (χ2v) is 9.05. The lowest BCUT2D eigenvalue weighted by molar-refractivity contribution is -0.197. The van der Waals surface area contributed by atoms with Gasteiger partial charge in [-0.05, 0) is 53.1 Å². The number of benzene rings is 3. The summed E-state index contributed by atoms with van der Waals surface area (Å²) < 4.78 is 0. The number of amides is 1. The van der Waals surface area contributed by atoms with Crippen LogP contribution in [0, 0.1) is 0 Å². The van der Waals surface area contributed by atoms with E-state index in [0.29, 0.717) is 19.4 Å². The topological polar surface area (TPSA) is 49.8 Å². The summed E-state index contributed by atoms with van der Waals surface area (Å²) in [5.41, 5.74) is 3.64. The summed E-state index contributed by atoms with van der Waals surface area (Å²) in [6.07, 6.45) is 11.0. The minimum Gasteiger partial charge on any atom is -0.394 e. The molecule has 182 valence electrons. The molecule has 0 radical (unpaired) electrons. The molecular weight excluding hydrogens is 422 g/mol. The fraction of sp³-hybridized carbons (Fsp3) is 0.433. The van der Waals surface area contributed by atoms with Gasteiger partial charge < -0.3 is 5.11 Å². The molecule has 3 aromatic carbocycles. The number of aliphatic hydroxyl groups excluding tert-OH is 1. The van der Waals surface area contributed by atoms with Gasteiger partial charge in [-0.3, -0.25) is 9.63 Å². The maximum absolute atomic E-state index is 11.7. The first kappa shape index (κ1) is 25.9. The Morgan fingerprint density at radius 2 is 1.44 bits per heavy atom. The zero-order chi connectivity index (χ0) is 24.0. The van der Waals surface area contributed by atoms with Gasteiger partial charge in [-0.25, -0.2) is 5.06 Å². The number of carbonyl (C=O) groups excluding carboxylic acids is 1. The molecular formula is C30H39NO3. The molecule has 4 nitrogen and oxygen atoms in total. The van der Waals surface area contributed by atoms with Crippen LogP contribution in [0.25, 0.3) is 10.8 Å². The van der Waals surface area contributed by atoms with E-state index < -0.39 is 0 Å². The van der Waals surface area contributed by atoms with Crippen LogP contribution in [0.2, 0.25) is 0 Å². The quantitative estimate of drug-likeness (QED) is 0.148. The smallest absolute Gasteiger partial charge is 0.233 e. The number of nitrogens with zero attached hydrogens (tertiary/aromatic N) is 1. The Morgan fingerprint density at radius 1 is 0.824 bits per heavy atom. The molecule has 3 rings (SSSR count). The molecule has 0 fully saturated rings. The normalized spacial score (nSPS) is 12.1. The van der Waals surface area contributed by atoms with E-state index in [-0.39, 0.29) is 12.6 Å². The molecule has 1 unspecified atom stereocenters. The third-order valence-corrected chi connectivity index (χ3v) is 6.55. The Labute approximate surface area is 204 Å². The third-order valence-electron chi connectivity index (χ3n) is 6.55. The van der Waals surface area contributed by atoms with Gasteiger partial charge in [-0.1, -0.05) is 106 Å². The van der Waals surface area contributed by atoms with E-state index in [9.17, 15) is 9.90 Å². The highest BCUT2D eigenvalue weighted by Gasteiger charge is 2.18. The average molecular weight is 462 g/mol. The fourth-order valence-electron chi connectivity index (χ4n) is 4.52. The predicted octanol–water partition coefficient (Wildman–Crippen LogP) is 6.63. The van der Waals surface area contributed by atoms with Gasteiger partial charge in [0.05, 0.1) is 12.6 Å². The summed E-state index contributed by atoms with van der Waals surface area (Å²) in [4.78, 5) is 17.4. The van der Waals surface area contributed by atoms with Crippen LogP contribution in [0.5, 0.6) is 0 Å². The van der Waals surface area contributed by atoms with Crippen LogP contribution in [0.1, 0.15) is 68.6 Å². The Hall–Kier alpha value is -2.69. The van der Waals surface area contributed by atoms with Crippen molar-refractivity contribution < 1.29 is 14.7 Å². The van der Waals surface area contributed by atoms with Crippen molar-refractivity contribution >= 4 is 17.2 Å². The zero-order valence-corrected chi connectivity index (χ0v) is 20.5. The van der Waals surface area contributed by atoms with Crippen LogP contribution >= 0.6 is 0 Å². The first-order valence-corrected chi connectivity index (χ1v) is 12.8. The molecule has 0 aliphatic carbocycles. The SMILES string of the molecule is CCCCCCCCc1ccc(CCC(CO)N(C=O)OCc2ccccc2)c2ccccc12. The zero-order valence-electron chi connectivity index (χ0n) is 20.5. The molecule has 0 bridgehead atoms. The van der Waals surface area contributed by atoms with Crippen LogP contribution in [-0.4, -0.2) is 29.2 Å². The first-order chi connectivity index (χ1) is 16.8. The fourth-order valence-corrected chi connectivity index (χ4v) is 4.52. The van der Waals surface area contributed by atoms with E-state index in [1.807, 2.05) is 30.3 Å². The van der Waals surface area contributed by atoms with Crippen LogP contribution in [-0.2, 0) is 29.1 Å². The van der Waals surface area contributed by atoms with E-state index in [2.05, 4.69) is 43.3 Å². The Bertz CT molecular complexity index is 989. The highest BCUT2D eigenvalue weighted by molar-refractivity contribution is 5.88. The highest BCUT2D eigenvalue weighted by Crippen LogP contribution is 2.26. The summed E-state index contributed by atoms with van der Waals surface area (Å²) in [7, 11) is 0. The average Bonchev–Trinajstić information content (AvgIpc) is 2.89. The largest absolute Gasteiger partial charge is 0.394 e. The number of aliphatic hydroxyl groups is 1. The number of unbranched alkanes of at least 4 members (excludes halogenated alkanes) is 5. The lowest BCUT2D eigenvalue weighted by Crippen LogP contribution is -2.37. The van der Waals surface area contributed by atoms with E-state index >= 15 is 0 Å². The molecule has 1 atom stereocenters. The van der Waals surface area contributed by atoms with Crippen LogP contribution in [0.4, 0.5) is 0 Å². The van der Waals surface area contributed by atoms with E-state index in [0.717, 1.165) is 18.4 Å². The first-order valence-electron chi connectivity index (χ1n) is 12.8. The maximum atomic E-state index is 11.7. The van der Waals surface area contributed by atoms with E-state index in [1.54, 1.807) is 0 Å². The van der Waals surface area contributed by atoms with E-state index in [1.165, 1.54) is 65.5 Å². The number of aryl methyl sites for hydroxylation is 2. The lowest BCUT2D eigenvalue weighted by atomic mass is 9.93. The van der Waals surface area contributed by atoms with Gasteiger partial charge in [0.25, 0.3) is 0 Å². The second-order valence-electron chi connectivity index (χ2n) is 9.05. The van der Waals surface area contributed by atoms with Gasteiger partial charge in [0.15, 0.2) is 0 Å². The Balaban J connectivity index is 1.61. The molecule has 4 heteroatoms. The number of hydrogen-bond acceptors (Lipinski definition) is 3. The highest BCUT2D eigenvalue weighted by atomic mass is 16.7. The number of hydroxylamine groups is 2. The minimum absolute atomic E-state index is 0.137. The minimum atomic E-state index is -0.386. The molecule has 0 aliphatic heterocycles. The second kappa shape index (κ2) is 14.5. The van der Waals surface area contributed by atoms with Crippen molar-refractivity contribution in [3.05, 3.63) is 83.4 Å². The van der Waals surface area contributed by atoms with Crippen molar-refractivity contribution in [2.75, 3.05) is 6.61 Å². The molecule has 3 aromatic rings. The van der Waals surface area contributed by atoms with Crippen molar-refractivity contribution in [2.45, 2.75) is 77.4 Å². The Kier molecular flexibility index (Phi) is 11.1. The number of fused-ring (bicyclic) bond motifs is 1. The predicted molar refractivity (Wildman–Crippen MR) is 139 cm³/mol. The summed E-state index contributed by atoms with van der Waals surface area (Å²) in [5, 5.41) is 13.8. The number of carbonyl (C=O) groups is 1. The Morgan fingerprint density at radius 3 is 2.09 bits per heavy atom. The summed E-state index contributed by atoms with van der Waals surface area (Å²) in [6.45, 7) is 2.42. The van der Waals surface area contributed by atoms with Gasteiger partial charge in [-0.2, -0.15) is 0 Å². The molecule has 34 heavy (non-hydrogen) atoms. The van der Waals surface area contributed by atoms with Crippen molar-refractivity contribution in [3.8, 4) is 0 Å². The molecule has 0 aromatic heterocycles. The van der Waals surface area contributed by atoms with Gasteiger partial charge in [-0.15, -0.1) is 0 Å². The van der Waals surface area contributed by atoms with Crippen molar-refractivity contribution in [3.63, 3.8) is 0 Å². The number of rotatable bonds is 16. The van der Waals surface area contributed by atoms with Crippen LogP contribution in [0.15, 0.2) is 66.7 Å². The van der Waals surface area contributed by atoms with Crippen LogP contribution in [0.3, 0.4) is 0 Å². The summed E-state index contributed by atoms with van der Waals surface area (Å²) in [5.74, 6) is 0. The molecule has 0 aliphatic rings. The van der Waals surface area contributed by atoms with Gasteiger partial charge in [0.2, 0.25) is 6.41 Å². The molecule has 1 N–H and O–H groups in total. The summed E-state index contributed by atoms with van der Waals surface area (Å²) >= 11 is 0. The van der Waals surface area contributed by atoms with Gasteiger partial charge >= 0.3 is 0 Å². The van der Waals surface area contributed by atoms with Gasteiger partial charge in [0, 0.05) is 0 Å². The van der Waals surface area contributed by atoms with Gasteiger partial charge in [0.1, 0.15) is 6.61 Å².